The third-order valence-corrected chi connectivity index (χ3v) is 6.30. The van der Waals surface area contributed by atoms with Gasteiger partial charge >= 0.3 is 18.0 Å². The van der Waals surface area contributed by atoms with E-state index in [9.17, 15) is 37.6 Å². The molecule has 0 bridgehead atoms. The summed E-state index contributed by atoms with van der Waals surface area (Å²) in [5.74, 6) is -1.28. The maximum Gasteiger partial charge on any atom is 0.417 e. The number of aromatic nitrogens is 3. The van der Waals surface area contributed by atoms with Crippen LogP contribution in [0.3, 0.4) is 0 Å². The van der Waals surface area contributed by atoms with Crippen LogP contribution in [0.4, 0.5) is 18.0 Å². The number of rotatable bonds is 5. The van der Waals surface area contributed by atoms with Gasteiger partial charge in [-0.15, -0.1) is 0 Å². The molecule has 0 fully saturated rings. The van der Waals surface area contributed by atoms with Gasteiger partial charge in [-0.25, -0.2) is 9.59 Å². The van der Waals surface area contributed by atoms with E-state index >= 15 is 0 Å². The first-order valence-electron chi connectivity index (χ1n) is 10.6. The van der Waals surface area contributed by atoms with Crippen LogP contribution in [0.15, 0.2) is 39.9 Å². The van der Waals surface area contributed by atoms with E-state index in [4.69, 9.17) is 34.8 Å². The fourth-order valence-electron chi connectivity index (χ4n) is 3.52. The number of aromatic amines is 1. The van der Waals surface area contributed by atoms with Crippen LogP contribution >= 0.6 is 34.8 Å². The van der Waals surface area contributed by atoms with Crippen molar-refractivity contribution in [3.63, 3.8) is 0 Å². The van der Waals surface area contributed by atoms with Crippen molar-refractivity contribution in [2.75, 3.05) is 6.61 Å². The zero-order valence-electron chi connectivity index (χ0n) is 19.7. The predicted octanol–water partition coefficient (Wildman–Crippen LogP) is 4.62. The minimum absolute atomic E-state index is 0.0686. The third-order valence-electron chi connectivity index (χ3n) is 5.38. The lowest BCUT2D eigenvalue weighted by Crippen LogP contribution is -2.41. The molecule has 2 amide bonds. The molecule has 1 aromatic heterocycles. The number of carbonyl (C=O) groups excluding carboxylic acids is 2. The van der Waals surface area contributed by atoms with Gasteiger partial charge < -0.3 is 4.74 Å². The van der Waals surface area contributed by atoms with Gasteiger partial charge in [0.25, 0.3) is 11.5 Å². The summed E-state index contributed by atoms with van der Waals surface area (Å²) in [6.45, 7) is 2.69. The fraction of sp³-hybridized carbons (Fsp3) is 0.217. The van der Waals surface area contributed by atoms with Crippen molar-refractivity contribution in [1.82, 2.24) is 20.1 Å². The molecule has 0 saturated carbocycles. The van der Waals surface area contributed by atoms with E-state index in [1.165, 1.54) is 19.9 Å². The molecular formula is C23H15Cl3F3N5O5. The number of alkyl halides is 3. The summed E-state index contributed by atoms with van der Waals surface area (Å²) < 4.78 is 45.4. The van der Waals surface area contributed by atoms with Crippen LogP contribution in [-0.2, 0) is 16.3 Å². The SMILES string of the molecule is CCOC(=O)NC(=O)c1nn(-c2cc(Cl)c(C(C)(C#N)c3ccc(Cl)c(C(F)(F)F)c3)c(Cl)c2)c(=O)[nH]c1=O. The van der Waals surface area contributed by atoms with Gasteiger partial charge in [0, 0.05) is 15.6 Å². The van der Waals surface area contributed by atoms with Gasteiger partial charge in [-0.1, -0.05) is 40.9 Å². The third kappa shape index (κ3) is 5.93. The molecule has 2 N–H and O–H groups in total. The summed E-state index contributed by atoms with van der Waals surface area (Å²) in [5, 5.41) is 14.3. The number of alkyl carbamates (subject to hydrolysis) is 1. The van der Waals surface area contributed by atoms with Crippen LogP contribution < -0.4 is 16.6 Å². The highest BCUT2D eigenvalue weighted by Gasteiger charge is 2.38. The second kappa shape index (κ2) is 11.1. The number of hydrogen-bond donors (Lipinski definition) is 2. The van der Waals surface area contributed by atoms with E-state index < -0.39 is 51.1 Å². The topological polar surface area (TPSA) is 147 Å². The second-order valence-electron chi connectivity index (χ2n) is 7.91. The van der Waals surface area contributed by atoms with Gasteiger partial charge in [0.05, 0.1) is 28.9 Å². The molecule has 0 saturated heterocycles. The lowest BCUT2D eigenvalue weighted by atomic mass is 9.77. The second-order valence-corrected chi connectivity index (χ2v) is 9.13. The number of ether oxygens (including phenoxy) is 1. The summed E-state index contributed by atoms with van der Waals surface area (Å²) in [6, 6.07) is 7.00. The Kier molecular flexibility index (Phi) is 8.44. The molecule has 0 aliphatic carbocycles. The molecule has 39 heavy (non-hydrogen) atoms. The smallest absolute Gasteiger partial charge is 0.417 e. The first kappa shape index (κ1) is 29.7. The molecule has 1 atom stereocenters. The van der Waals surface area contributed by atoms with Crippen LogP contribution in [-0.4, -0.2) is 33.4 Å². The van der Waals surface area contributed by atoms with Crippen molar-refractivity contribution in [3.8, 4) is 11.8 Å². The Bertz CT molecular complexity index is 1620. The Labute approximate surface area is 231 Å². The number of nitrogens with one attached hydrogen (secondary N) is 2. The van der Waals surface area contributed by atoms with E-state index in [-0.39, 0.29) is 33.5 Å². The number of nitriles is 1. The Balaban J connectivity index is 2.15. The highest BCUT2D eigenvalue weighted by molar-refractivity contribution is 6.36. The molecule has 1 unspecified atom stereocenters. The average Bonchev–Trinajstić information content (AvgIpc) is 2.82. The molecule has 3 rings (SSSR count). The minimum Gasteiger partial charge on any atom is -0.450 e. The Morgan fingerprint density at radius 2 is 1.74 bits per heavy atom. The minimum atomic E-state index is -4.81. The molecule has 0 radical (unpaired) electrons. The lowest BCUT2D eigenvalue weighted by Gasteiger charge is -2.26. The number of imide groups is 1. The van der Waals surface area contributed by atoms with Crippen LogP contribution in [0.5, 0.6) is 0 Å². The predicted molar refractivity (Wildman–Crippen MR) is 133 cm³/mol. The van der Waals surface area contributed by atoms with Gasteiger partial charge in [-0.3, -0.25) is 19.9 Å². The van der Waals surface area contributed by atoms with Crippen molar-refractivity contribution >= 4 is 46.8 Å². The van der Waals surface area contributed by atoms with Crippen molar-refractivity contribution in [2.24, 2.45) is 0 Å². The monoisotopic (exact) mass is 603 g/mol. The first-order chi connectivity index (χ1) is 18.1. The molecule has 10 nitrogen and oxygen atoms in total. The summed E-state index contributed by atoms with van der Waals surface area (Å²) in [6.07, 6.45) is -5.97. The Hall–Kier alpha value is -3.86. The van der Waals surface area contributed by atoms with E-state index in [0.717, 1.165) is 18.2 Å². The van der Waals surface area contributed by atoms with Gasteiger partial charge in [0.2, 0.25) is 5.69 Å². The molecule has 3 aromatic rings. The molecule has 0 aliphatic heterocycles. The van der Waals surface area contributed by atoms with Gasteiger partial charge in [0.15, 0.2) is 0 Å². The van der Waals surface area contributed by atoms with Gasteiger partial charge in [-0.05, 0) is 43.7 Å². The zero-order valence-corrected chi connectivity index (χ0v) is 22.0. The number of halogens is 6. The van der Waals surface area contributed by atoms with Crippen molar-refractivity contribution in [3.05, 3.63) is 88.6 Å². The fourth-order valence-corrected chi connectivity index (χ4v) is 4.60. The number of amides is 2. The van der Waals surface area contributed by atoms with E-state index in [0.29, 0.717) is 10.7 Å². The van der Waals surface area contributed by atoms with E-state index in [1.54, 1.807) is 5.32 Å². The van der Waals surface area contributed by atoms with Crippen LogP contribution in [0.1, 0.15) is 41.0 Å². The Morgan fingerprint density at radius 3 is 2.28 bits per heavy atom. The molecule has 204 valence electrons. The number of carbonyl (C=O) groups is 2. The highest BCUT2D eigenvalue weighted by Crippen LogP contribution is 2.44. The largest absolute Gasteiger partial charge is 0.450 e. The summed E-state index contributed by atoms with van der Waals surface area (Å²) >= 11 is 18.5. The standard InChI is InChI=1S/C23H15Cl3F3N5O5/c1-3-39-21(38)32-19(36)17-18(35)31-20(37)34(33-17)11-7-14(25)16(15(26)8-11)22(2,9-30)10-4-5-13(24)12(6-10)23(27,28)29/h4-8H,3H2,1-2H3,(H,31,35,37)(H,32,36,38). The molecular weight excluding hydrogens is 590 g/mol. The number of nitrogens with zero attached hydrogens (tertiary/aromatic N) is 3. The molecule has 2 aromatic carbocycles. The molecule has 0 spiro atoms. The highest BCUT2D eigenvalue weighted by atomic mass is 35.5. The molecule has 1 heterocycles. The number of hydrogen-bond acceptors (Lipinski definition) is 7. The normalized spacial score (nSPS) is 12.8. The van der Waals surface area contributed by atoms with E-state index in [2.05, 4.69) is 9.84 Å². The summed E-state index contributed by atoms with van der Waals surface area (Å²) in [7, 11) is 0. The van der Waals surface area contributed by atoms with Crippen molar-refractivity contribution in [1.29, 1.82) is 5.26 Å². The van der Waals surface area contributed by atoms with Crippen LogP contribution in [0.25, 0.3) is 5.69 Å². The zero-order chi connectivity index (χ0) is 29.3. The lowest BCUT2D eigenvalue weighted by molar-refractivity contribution is -0.137. The quantitative estimate of drug-likeness (QED) is 0.432. The number of benzene rings is 2. The summed E-state index contributed by atoms with van der Waals surface area (Å²) in [4.78, 5) is 50.2. The van der Waals surface area contributed by atoms with Crippen molar-refractivity contribution < 1.29 is 27.5 Å². The maximum absolute atomic E-state index is 13.4. The van der Waals surface area contributed by atoms with Crippen LogP contribution in [0, 0.1) is 11.3 Å². The average molecular weight is 605 g/mol. The van der Waals surface area contributed by atoms with Crippen LogP contribution in [0.2, 0.25) is 15.1 Å². The van der Waals surface area contributed by atoms with E-state index in [1.807, 2.05) is 11.1 Å². The maximum atomic E-state index is 13.4. The first-order valence-corrected chi connectivity index (χ1v) is 11.8. The molecule has 0 aliphatic rings. The molecule has 16 heteroatoms. The van der Waals surface area contributed by atoms with Gasteiger partial charge in [0.1, 0.15) is 5.41 Å². The summed E-state index contributed by atoms with van der Waals surface area (Å²) in [5.41, 5.74) is -6.65. The van der Waals surface area contributed by atoms with Gasteiger partial charge in [-0.2, -0.15) is 28.2 Å². The number of H-pyrrole nitrogens is 1. The van der Waals surface area contributed by atoms with Crippen molar-refractivity contribution in [2.45, 2.75) is 25.4 Å². The Morgan fingerprint density at radius 1 is 1.13 bits per heavy atom.